The van der Waals surface area contributed by atoms with Crippen LogP contribution in [0, 0.1) is 0 Å². The maximum atomic E-state index is 12.6. The van der Waals surface area contributed by atoms with E-state index in [1.807, 2.05) is 43.3 Å². The number of thiazole rings is 1. The van der Waals surface area contributed by atoms with Crippen LogP contribution in [0.5, 0.6) is 0 Å². The van der Waals surface area contributed by atoms with Crippen molar-refractivity contribution in [2.75, 3.05) is 19.0 Å². The maximum absolute atomic E-state index is 12.6. The van der Waals surface area contributed by atoms with Crippen molar-refractivity contribution in [3.63, 3.8) is 0 Å². The minimum absolute atomic E-state index is 0.419. The number of halogens is 3. The van der Waals surface area contributed by atoms with Gasteiger partial charge in [-0.15, -0.1) is 11.3 Å². The highest BCUT2D eigenvalue weighted by Gasteiger charge is 2.35. The Bertz CT molecular complexity index is 592. The van der Waals surface area contributed by atoms with Gasteiger partial charge in [-0.1, -0.05) is 12.1 Å². The van der Waals surface area contributed by atoms with Crippen molar-refractivity contribution >= 4 is 17.0 Å². The molecule has 4 nitrogen and oxygen atoms in total. The van der Waals surface area contributed by atoms with E-state index in [9.17, 15) is 13.2 Å². The lowest BCUT2D eigenvalue weighted by atomic mass is 10.1. The van der Waals surface area contributed by atoms with Crippen molar-refractivity contribution < 1.29 is 13.2 Å². The smallest absolute Gasteiger partial charge is 0.378 e. The summed E-state index contributed by atoms with van der Waals surface area (Å²) in [6.45, 7) is 0. The van der Waals surface area contributed by atoms with Crippen molar-refractivity contribution in [3.8, 4) is 0 Å². The molecule has 0 aliphatic rings. The second-order valence-corrected chi connectivity index (χ2v) is 5.71. The van der Waals surface area contributed by atoms with Crippen LogP contribution in [0.1, 0.15) is 21.5 Å². The molecule has 3 N–H and O–H groups in total. The van der Waals surface area contributed by atoms with Crippen LogP contribution in [0.4, 0.5) is 18.9 Å². The van der Waals surface area contributed by atoms with Gasteiger partial charge < -0.3 is 4.90 Å². The first kappa shape index (κ1) is 15.7. The number of hydrazine groups is 1. The van der Waals surface area contributed by atoms with Crippen LogP contribution >= 0.6 is 11.3 Å². The lowest BCUT2D eigenvalue weighted by Gasteiger charge is -2.17. The van der Waals surface area contributed by atoms with Gasteiger partial charge in [0.15, 0.2) is 5.01 Å². The highest BCUT2D eigenvalue weighted by atomic mass is 32.1. The topological polar surface area (TPSA) is 54.2 Å². The van der Waals surface area contributed by atoms with Crippen LogP contribution in [0.15, 0.2) is 30.5 Å². The molecule has 0 saturated carbocycles. The van der Waals surface area contributed by atoms with Crippen LogP contribution in [-0.2, 0) is 6.18 Å². The average Bonchev–Trinajstić information content (AvgIpc) is 2.90. The largest absolute Gasteiger partial charge is 0.443 e. The Morgan fingerprint density at radius 2 is 1.86 bits per heavy atom. The van der Waals surface area contributed by atoms with Crippen molar-refractivity contribution in [3.05, 3.63) is 45.9 Å². The number of anilines is 1. The van der Waals surface area contributed by atoms with E-state index < -0.39 is 17.2 Å². The van der Waals surface area contributed by atoms with Crippen LogP contribution < -0.4 is 16.2 Å². The molecule has 0 aliphatic heterocycles. The molecule has 0 radical (unpaired) electrons. The van der Waals surface area contributed by atoms with E-state index >= 15 is 0 Å². The molecule has 1 aromatic heterocycles. The van der Waals surface area contributed by atoms with Crippen LogP contribution in [-0.4, -0.2) is 19.1 Å². The zero-order chi connectivity index (χ0) is 15.6. The third-order valence-electron chi connectivity index (χ3n) is 2.96. The fourth-order valence-corrected chi connectivity index (χ4v) is 2.73. The summed E-state index contributed by atoms with van der Waals surface area (Å²) < 4.78 is 37.8. The predicted octanol–water partition coefficient (Wildman–Crippen LogP) is 2.78. The molecule has 1 atom stereocenters. The zero-order valence-electron chi connectivity index (χ0n) is 11.5. The molecule has 2 aromatic rings. The first-order valence-corrected chi connectivity index (χ1v) is 6.91. The molecule has 0 amide bonds. The van der Waals surface area contributed by atoms with Crippen molar-refractivity contribution in [2.45, 2.75) is 12.2 Å². The number of hydrogen-bond donors (Lipinski definition) is 2. The number of alkyl halides is 3. The standard InChI is InChI=1S/C13H15F3N4S/c1-20(2)9-5-3-8(4-6-9)11(19-17)10-7-18-12(21-10)13(14,15)16/h3-7,11,19H,17H2,1-2H3. The summed E-state index contributed by atoms with van der Waals surface area (Å²) in [4.78, 5) is 5.77. The number of benzene rings is 1. The molecule has 1 unspecified atom stereocenters. The van der Waals surface area contributed by atoms with Gasteiger partial charge in [0.25, 0.3) is 0 Å². The minimum atomic E-state index is -4.43. The number of hydrogen-bond acceptors (Lipinski definition) is 5. The van der Waals surface area contributed by atoms with E-state index in [0.29, 0.717) is 16.2 Å². The second kappa shape index (κ2) is 6.00. The van der Waals surface area contributed by atoms with E-state index in [1.54, 1.807) is 0 Å². The lowest BCUT2D eigenvalue weighted by molar-refractivity contribution is -0.137. The summed E-state index contributed by atoms with van der Waals surface area (Å²) in [5.41, 5.74) is 4.31. The Kier molecular flexibility index (Phi) is 4.50. The van der Waals surface area contributed by atoms with Gasteiger partial charge in [0.05, 0.1) is 6.04 Å². The SMILES string of the molecule is CN(C)c1ccc(C(NN)c2cnc(C(F)(F)F)s2)cc1. The fourth-order valence-electron chi connectivity index (χ4n) is 1.86. The first-order valence-electron chi connectivity index (χ1n) is 6.09. The number of nitrogens with one attached hydrogen (secondary N) is 1. The summed E-state index contributed by atoms with van der Waals surface area (Å²) in [5.74, 6) is 5.49. The molecular formula is C13H15F3N4S. The van der Waals surface area contributed by atoms with Crippen molar-refractivity contribution in [1.29, 1.82) is 0 Å². The summed E-state index contributed by atoms with van der Waals surface area (Å²) in [6, 6.07) is 6.89. The van der Waals surface area contributed by atoms with Crippen LogP contribution in [0.3, 0.4) is 0 Å². The van der Waals surface area contributed by atoms with Gasteiger partial charge in [-0.05, 0) is 17.7 Å². The Labute approximate surface area is 124 Å². The Hall–Kier alpha value is -1.64. The average molecular weight is 316 g/mol. The highest BCUT2D eigenvalue weighted by molar-refractivity contribution is 7.11. The fraction of sp³-hybridized carbons (Fsp3) is 0.308. The highest BCUT2D eigenvalue weighted by Crippen LogP contribution is 2.35. The second-order valence-electron chi connectivity index (χ2n) is 4.65. The van der Waals surface area contributed by atoms with E-state index in [2.05, 4.69) is 10.4 Å². The quantitative estimate of drug-likeness (QED) is 0.673. The van der Waals surface area contributed by atoms with Gasteiger partial charge in [-0.3, -0.25) is 5.84 Å². The first-order chi connectivity index (χ1) is 9.82. The Morgan fingerprint density at radius 3 is 2.29 bits per heavy atom. The minimum Gasteiger partial charge on any atom is -0.378 e. The summed E-state index contributed by atoms with van der Waals surface area (Å²) >= 11 is 0.589. The molecule has 0 spiro atoms. The van der Waals surface area contributed by atoms with Crippen molar-refractivity contribution in [2.24, 2.45) is 5.84 Å². The maximum Gasteiger partial charge on any atom is 0.443 e. The third kappa shape index (κ3) is 3.52. The van der Waals surface area contributed by atoms with E-state index in [-0.39, 0.29) is 0 Å². The summed E-state index contributed by atoms with van der Waals surface area (Å²) in [5, 5.41) is -0.873. The van der Waals surface area contributed by atoms with Crippen LogP contribution in [0.25, 0.3) is 0 Å². The van der Waals surface area contributed by atoms with Gasteiger partial charge >= 0.3 is 6.18 Å². The van der Waals surface area contributed by atoms with Gasteiger partial charge in [0.2, 0.25) is 0 Å². The van der Waals surface area contributed by atoms with E-state index in [1.165, 1.54) is 6.20 Å². The molecule has 0 fully saturated rings. The lowest BCUT2D eigenvalue weighted by Crippen LogP contribution is -2.28. The molecular weight excluding hydrogens is 301 g/mol. The van der Waals surface area contributed by atoms with Gasteiger partial charge in [0, 0.05) is 30.9 Å². The van der Waals surface area contributed by atoms with Gasteiger partial charge in [-0.25, -0.2) is 10.4 Å². The molecule has 0 saturated heterocycles. The summed E-state index contributed by atoms with van der Waals surface area (Å²) in [6.07, 6.45) is -3.23. The summed E-state index contributed by atoms with van der Waals surface area (Å²) in [7, 11) is 3.82. The number of nitrogens with two attached hydrogens (primary N) is 1. The zero-order valence-corrected chi connectivity index (χ0v) is 12.3. The molecule has 1 aromatic carbocycles. The predicted molar refractivity (Wildman–Crippen MR) is 77.1 cm³/mol. The number of nitrogens with zero attached hydrogens (tertiary/aromatic N) is 2. The number of aromatic nitrogens is 1. The molecule has 0 aliphatic carbocycles. The Balaban J connectivity index is 2.29. The number of rotatable bonds is 4. The molecule has 114 valence electrons. The van der Waals surface area contributed by atoms with Gasteiger partial charge in [0.1, 0.15) is 0 Å². The molecule has 21 heavy (non-hydrogen) atoms. The Morgan fingerprint density at radius 1 is 1.24 bits per heavy atom. The normalized spacial score (nSPS) is 13.2. The molecule has 1 heterocycles. The molecule has 8 heteroatoms. The molecule has 2 rings (SSSR count). The molecule has 0 bridgehead atoms. The van der Waals surface area contributed by atoms with Crippen molar-refractivity contribution in [1.82, 2.24) is 10.4 Å². The van der Waals surface area contributed by atoms with Gasteiger partial charge in [-0.2, -0.15) is 13.2 Å². The third-order valence-corrected chi connectivity index (χ3v) is 4.07. The monoisotopic (exact) mass is 316 g/mol. The van der Waals surface area contributed by atoms with E-state index in [0.717, 1.165) is 11.3 Å². The van der Waals surface area contributed by atoms with E-state index in [4.69, 9.17) is 5.84 Å². The van der Waals surface area contributed by atoms with Crippen LogP contribution in [0.2, 0.25) is 0 Å².